The maximum atomic E-state index is 13.0. The maximum Gasteiger partial charge on any atom is 0.416 e. The highest BCUT2D eigenvalue weighted by Crippen LogP contribution is 2.32. The maximum absolute atomic E-state index is 13.0. The summed E-state index contributed by atoms with van der Waals surface area (Å²) in [5.41, 5.74) is 0.721. The summed E-state index contributed by atoms with van der Waals surface area (Å²) < 4.78 is 39.9. The zero-order valence-electron chi connectivity index (χ0n) is 13.3. The Hall–Kier alpha value is -2.61. The third-order valence-corrected chi connectivity index (χ3v) is 4.25. The van der Waals surface area contributed by atoms with Crippen LogP contribution in [0.2, 0.25) is 0 Å². The number of rotatable bonds is 4. The Morgan fingerprint density at radius 3 is 2.65 bits per heavy atom. The molecule has 0 fully saturated rings. The van der Waals surface area contributed by atoms with Gasteiger partial charge in [-0.15, -0.1) is 0 Å². The van der Waals surface area contributed by atoms with Crippen molar-refractivity contribution >= 4 is 21.8 Å². The van der Waals surface area contributed by atoms with Crippen LogP contribution in [0.5, 0.6) is 0 Å². The van der Waals surface area contributed by atoms with Crippen LogP contribution in [0.3, 0.4) is 0 Å². The monoisotopic (exact) mass is 423 g/mol. The third kappa shape index (κ3) is 3.96. The molecule has 3 rings (SSSR count). The average molecular weight is 424 g/mol. The first-order chi connectivity index (χ1) is 12.4. The third-order valence-electron chi connectivity index (χ3n) is 3.76. The van der Waals surface area contributed by atoms with E-state index >= 15 is 0 Å². The van der Waals surface area contributed by atoms with Gasteiger partial charge in [0.05, 0.1) is 23.0 Å². The van der Waals surface area contributed by atoms with Gasteiger partial charge in [0.1, 0.15) is 0 Å². The first-order valence-corrected chi connectivity index (χ1v) is 8.38. The lowest BCUT2D eigenvalue weighted by Gasteiger charge is -2.13. The van der Waals surface area contributed by atoms with Crippen molar-refractivity contribution in [1.29, 1.82) is 0 Å². The zero-order valence-corrected chi connectivity index (χ0v) is 14.9. The van der Waals surface area contributed by atoms with Crippen LogP contribution in [0.4, 0.5) is 13.2 Å². The van der Waals surface area contributed by atoms with Crippen LogP contribution in [0.15, 0.2) is 59.2 Å². The van der Waals surface area contributed by atoms with Gasteiger partial charge in [-0.2, -0.15) is 18.3 Å². The van der Waals surface area contributed by atoms with Crippen LogP contribution in [0.1, 0.15) is 21.5 Å². The van der Waals surface area contributed by atoms with E-state index in [0.29, 0.717) is 5.69 Å². The van der Waals surface area contributed by atoms with E-state index in [1.54, 1.807) is 6.07 Å². The predicted octanol–water partition coefficient (Wildman–Crippen LogP) is 4.79. The Bertz CT molecular complexity index is 937. The minimum atomic E-state index is -4.47. The molecule has 2 aromatic carbocycles. The molecule has 0 aliphatic rings. The molecule has 8 heteroatoms. The van der Waals surface area contributed by atoms with E-state index in [4.69, 9.17) is 0 Å². The number of nitrogens with one attached hydrogen (secondary N) is 2. The number of aromatic amines is 1. The van der Waals surface area contributed by atoms with Gasteiger partial charge in [-0.1, -0.05) is 46.3 Å². The lowest BCUT2D eigenvalue weighted by atomic mass is 10.1. The standard InChI is InChI=1S/C18H13BrF3N3O/c19-13-6-3-5-11(8-13)16-14(10-24-25-16)17(26)23-9-12-4-1-2-7-15(12)18(20,21)22/h1-8,10H,9H2,(H,23,26)(H,24,25). The first kappa shape index (κ1) is 18.2. The Labute approximate surface area is 155 Å². The number of alkyl halides is 3. The summed E-state index contributed by atoms with van der Waals surface area (Å²) in [6.07, 6.45) is -3.13. The van der Waals surface area contributed by atoms with Crippen molar-refractivity contribution in [3.63, 3.8) is 0 Å². The molecule has 2 N–H and O–H groups in total. The molecule has 0 bridgehead atoms. The fourth-order valence-electron chi connectivity index (χ4n) is 2.54. The summed E-state index contributed by atoms with van der Waals surface area (Å²) in [5.74, 6) is -0.509. The van der Waals surface area contributed by atoms with Crippen molar-refractivity contribution < 1.29 is 18.0 Å². The second-order valence-electron chi connectivity index (χ2n) is 5.51. The van der Waals surface area contributed by atoms with E-state index in [0.717, 1.165) is 16.1 Å². The van der Waals surface area contributed by atoms with E-state index in [2.05, 4.69) is 31.4 Å². The summed E-state index contributed by atoms with van der Waals surface area (Å²) in [6, 6.07) is 12.4. The summed E-state index contributed by atoms with van der Waals surface area (Å²) in [5, 5.41) is 9.16. The number of halogens is 4. The summed E-state index contributed by atoms with van der Waals surface area (Å²) in [7, 11) is 0. The Kier molecular flexibility index (Phi) is 5.13. The van der Waals surface area contributed by atoms with Gasteiger partial charge in [0.2, 0.25) is 0 Å². The Balaban J connectivity index is 1.80. The van der Waals surface area contributed by atoms with E-state index in [-0.39, 0.29) is 17.7 Å². The zero-order chi connectivity index (χ0) is 18.7. The van der Waals surface area contributed by atoms with Crippen molar-refractivity contribution in [2.45, 2.75) is 12.7 Å². The molecule has 0 unspecified atom stereocenters. The largest absolute Gasteiger partial charge is 0.416 e. The van der Waals surface area contributed by atoms with Gasteiger partial charge < -0.3 is 5.32 Å². The van der Waals surface area contributed by atoms with Gasteiger partial charge in [0.15, 0.2) is 0 Å². The molecule has 1 aromatic heterocycles. The number of aromatic nitrogens is 2. The molecule has 0 radical (unpaired) electrons. The van der Waals surface area contributed by atoms with Gasteiger partial charge in [-0.05, 0) is 23.8 Å². The molecule has 0 saturated heterocycles. The lowest BCUT2D eigenvalue weighted by molar-refractivity contribution is -0.138. The van der Waals surface area contributed by atoms with Crippen LogP contribution in [0, 0.1) is 0 Å². The number of carbonyl (C=O) groups excluding carboxylic acids is 1. The highest BCUT2D eigenvalue weighted by Gasteiger charge is 2.32. The van der Waals surface area contributed by atoms with Crippen molar-refractivity contribution in [3.8, 4) is 11.3 Å². The molecule has 4 nitrogen and oxygen atoms in total. The molecule has 3 aromatic rings. The number of hydrogen-bond donors (Lipinski definition) is 2. The van der Waals surface area contributed by atoms with Crippen LogP contribution in [0.25, 0.3) is 11.3 Å². The molecule has 0 atom stereocenters. The smallest absolute Gasteiger partial charge is 0.348 e. The van der Waals surface area contributed by atoms with Gasteiger partial charge in [0.25, 0.3) is 5.91 Å². The van der Waals surface area contributed by atoms with Gasteiger partial charge in [-0.25, -0.2) is 0 Å². The second-order valence-corrected chi connectivity index (χ2v) is 6.42. The lowest BCUT2D eigenvalue weighted by Crippen LogP contribution is -2.24. The fraction of sp³-hybridized carbons (Fsp3) is 0.111. The number of carbonyl (C=O) groups is 1. The minimum Gasteiger partial charge on any atom is -0.348 e. The SMILES string of the molecule is O=C(NCc1ccccc1C(F)(F)F)c1cn[nH]c1-c1cccc(Br)c1. The van der Waals surface area contributed by atoms with Gasteiger partial charge in [0, 0.05) is 16.6 Å². The molecule has 134 valence electrons. The van der Waals surface area contributed by atoms with Crippen molar-refractivity contribution in [2.24, 2.45) is 0 Å². The van der Waals surface area contributed by atoms with E-state index in [1.807, 2.05) is 18.2 Å². The minimum absolute atomic E-state index is 0.000787. The van der Waals surface area contributed by atoms with E-state index < -0.39 is 17.6 Å². The Morgan fingerprint density at radius 1 is 1.15 bits per heavy atom. The summed E-state index contributed by atoms with van der Waals surface area (Å²) in [6.45, 7) is -0.238. The molecule has 26 heavy (non-hydrogen) atoms. The molecule has 0 saturated carbocycles. The summed E-state index contributed by atoms with van der Waals surface area (Å²) in [4.78, 5) is 12.5. The highest BCUT2D eigenvalue weighted by molar-refractivity contribution is 9.10. The average Bonchev–Trinajstić information content (AvgIpc) is 3.09. The number of hydrogen-bond acceptors (Lipinski definition) is 2. The van der Waals surface area contributed by atoms with Crippen LogP contribution in [-0.2, 0) is 12.7 Å². The molecular weight excluding hydrogens is 411 g/mol. The second kappa shape index (κ2) is 7.33. The fourth-order valence-corrected chi connectivity index (χ4v) is 2.94. The molecule has 1 amide bonds. The summed E-state index contributed by atoms with van der Waals surface area (Å²) >= 11 is 3.36. The van der Waals surface area contributed by atoms with Crippen molar-refractivity contribution in [1.82, 2.24) is 15.5 Å². The number of H-pyrrole nitrogens is 1. The number of nitrogens with zero attached hydrogens (tertiary/aromatic N) is 1. The number of benzene rings is 2. The van der Waals surface area contributed by atoms with Crippen LogP contribution < -0.4 is 5.32 Å². The molecule has 0 aliphatic heterocycles. The van der Waals surface area contributed by atoms with Crippen molar-refractivity contribution in [2.75, 3.05) is 0 Å². The van der Waals surface area contributed by atoms with Crippen molar-refractivity contribution in [3.05, 3.63) is 75.9 Å². The highest BCUT2D eigenvalue weighted by atomic mass is 79.9. The quantitative estimate of drug-likeness (QED) is 0.633. The number of amides is 1. The molecular formula is C18H13BrF3N3O. The predicted molar refractivity (Wildman–Crippen MR) is 94.3 cm³/mol. The normalized spacial score (nSPS) is 11.4. The van der Waals surface area contributed by atoms with Crippen LogP contribution in [-0.4, -0.2) is 16.1 Å². The van der Waals surface area contributed by atoms with Gasteiger partial charge >= 0.3 is 6.18 Å². The first-order valence-electron chi connectivity index (χ1n) is 7.59. The van der Waals surface area contributed by atoms with Crippen LogP contribution >= 0.6 is 15.9 Å². The molecule has 0 aliphatic carbocycles. The molecule has 1 heterocycles. The topological polar surface area (TPSA) is 57.8 Å². The van der Waals surface area contributed by atoms with Gasteiger partial charge in [-0.3, -0.25) is 9.89 Å². The van der Waals surface area contributed by atoms with E-state index in [9.17, 15) is 18.0 Å². The molecule has 0 spiro atoms. The van der Waals surface area contributed by atoms with E-state index in [1.165, 1.54) is 24.4 Å². The Morgan fingerprint density at radius 2 is 1.92 bits per heavy atom.